The first-order chi connectivity index (χ1) is 9.49. The summed E-state index contributed by atoms with van der Waals surface area (Å²) in [5, 5.41) is 2.46. The minimum Gasteiger partial charge on any atom is -0.497 e. The summed E-state index contributed by atoms with van der Waals surface area (Å²) in [6.45, 7) is 0.769. The SMILES string of the molecule is COc1ccc(NC(CC2=NCCO2)C(F)(F)F)cc1. The lowest BCUT2D eigenvalue weighted by atomic mass is 10.1. The highest BCUT2D eigenvalue weighted by Gasteiger charge is 2.41. The Hall–Kier alpha value is -1.92. The minimum atomic E-state index is -4.38. The Kier molecular flexibility index (Phi) is 4.36. The number of nitrogens with zero attached hydrogens (tertiary/aromatic N) is 1. The molecule has 0 saturated heterocycles. The Balaban J connectivity index is 2.06. The molecular weight excluding hydrogens is 273 g/mol. The highest BCUT2D eigenvalue weighted by Crippen LogP contribution is 2.27. The first kappa shape index (κ1) is 14.5. The first-order valence-electron chi connectivity index (χ1n) is 6.12. The fourth-order valence-electron chi connectivity index (χ4n) is 1.81. The van der Waals surface area contributed by atoms with Crippen LogP contribution in [0.1, 0.15) is 6.42 Å². The van der Waals surface area contributed by atoms with E-state index >= 15 is 0 Å². The van der Waals surface area contributed by atoms with Crippen LogP contribution in [0.25, 0.3) is 0 Å². The van der Waals surface area contributed by atoms with Crippen LogP contribution in [0.15, 0.2) is 29.3 Å². The maximum atomic E-state index is 13.0. The van der Waals surface area contributed by atoms with Crippen LogP contribution in [0.3, 0.4) is 0 Å². The number of hydrogen-bond donors (Lipinski definition) is 1. The summed E-state index contributed by atoms with van der Waals surface area (Å²) >= 11 is 0. The molecule has 0 radical (unpaired) electrons. The van der Waals surface area contributed by atoms with Gasteiger partial charge in [0.25, 0.3) is 0 Å². The Morgan fingerprint density at radius 1 is 1.35 bits per heavy atom. The van der Waals surface area contributed by atoms with Crippen LogP contribution in [0.5, 0.6) is 5.75 Å². The predicted molar refractivity (Wildman–Crippen MR) is 69.3 cm³/mol. The van der Waals surface area contributed by atoms with Gasteiger partial charge in [-0.05, 0) is 24.3 Å². The summed E-state index contributed by atoms with van der Waals surface area (Å²) in [6, 6.07) is 4.54. The first-order valence-corrected chi connectivity index (χ1v) is 6.12. The molecule has 110 valence electrons. The van der Waals surface area contributed by atoms with Gasteiger partial charge < -0.3 is 14.8 Å². The van der Waals surface area contributed by atoms with E-state index in [4.69, 9.17) is 9.47 Å². The van der Waals surface area contributed by atoms with E-state index in [-0.39, 0.29) is 12.3 Å². The van der Waals surface area contributed by atoms with Crippen molar-refractivity contribution in [1.82, 2.24) is 0 Å². The minimum absolute atomic E-state index is 0.147. The average molecular weight is 288 g/mol. The molecule has 0 aliphatic carbocycles. The third-order valence-electron chi connectivity index (χ3n) is 2.85. The van der Waals surface area contributed by atoms with Crippen molar-refractivity contribution in [3.8, 4) is 5.75 Å². The quantitative estimate of drug-likeness (QED) is 0.906. The number of ether oxygens (including phenoxy) is 2. The highest BCUT2D eigenvalue weighted by molar-refractivity contribution is 5.78. The van der Waals surface area contributed by atoms with E-state index in [9.17, 15) is 13.2 Å². The number of aliphatic imine (C=N–C) groups is 1. The fourth-order valence-corrected chi connectivity index (χ4v) is 1.81. The molecule has 1 aromatic carbocycles. The molecule has 0 aromatic heterocycles. The lowest BCUT2D eigenvalue weighted by molar-refractivity contribution is -0.141. The smallest absolute Gasteiger partial charge is 0.409 e. The largest absolute Gasteiger partial charge is 0.497 e. The van der Waals surface area contributed by atoms with E-state index < -0.39 is 12.2 Å². The molecule has 1 heterocycles. The van der Waals surface area contributed by atoms with Gasteiger partial charge in [0.2, 0.25) is 0 Å². The molecule has 1 aliphatic rings. The number of alkyl halides is 3. The van der Waals surface area contributed by atoms with Gasteiger partial charge in [-0.1, -0.05) is 0 Å². The van der Waals surface area contributed by atoms with E-state index in [1.165, 1.54) is 19.2 Å². The summed E-state index contributed by atoms with van der Waals surface area (Å²) in [5.74, 6) is 0.732. The lowest BCUT2D eigenvalue weighted by Crippen LogP contribution is -2.38. The molecule has 4 nitrogen and oxygen atoms in total. The summed E-state index contributed by atoms with van der Waals surface area (Å²) in [5.41, 5.74) is 0.367. The Bertz CT molecular complexity index is 471. The van der Waals surface area contributed by atoms with E-state index in [0.717, 1.165) is 0 Å². The van der Waals surface area contributed by atoms with Crippen molar-refractivity contribution >= 4 is 11.6 Å². The standard InChI is InChI=1S/C13H15F3N2O2/c1-19-10-4-2-9(3-5-10)18-11(13(14,15)16)8-12-17-6-7-20-12/h2-5,11,18H,6-8H2,1H3. The fraction of sp³-hybridized carbons (Fsp3) is 0.462. The monoisotopic (exact) mass is 288 g/mol. The molecule has 0 fully saturated rings. The van der Waals surface area contributed by atoms with E-state index in [2.05, 4.69) is 10.3 Å². The van der Waals surface area contributed by atoms with Crippen molar-refractivity contribution in [2.45, 2.75) is 18.6 Å². The summed E-state index contributed by atoms with van der Waals surface area (Å²) in [6.07, 6.45) is -4.69. The number of halogens is 3. The lowest BCUT2D eigenvalue weighted by Gasteiger charge is -2.22. The molecule has 1 N–H and O–H groups in total. The molecule has 0 saturated carbocycles. The third kappa shape index (κ3) is 3.79. The summed E-state index contributed by atoms with van der Waals surface area (Å²) in [7, 11) is 1.50. The van der Waals surface area contributed by atoms with Crippen LogP contribution in [0.2, 0.25) is 0 Å². The van der Waals surface area contributed by atoms with Crippen LogP contribution in [0.4, 0.5) is 18.9 Å². The van der Waals surface area contributed by atoms with Gasteiger partial charge in [0.05, 0.1) is 20.1 Å². The third-order valence-corrected chi connectivity index (χ3v) is 2.85. The Labute approximate surface area is 114 Å². The maximum Gasteiger partial charge on any atom is 0.409 e. The van der Waals surface area contributed by atoms with Crippen molar-refractivity contribution in [2.75, 3.05) is 25.6 Å². The van der Waals surface area contributed by atoms with Gasteiger partial charge in [0.1, 0.15) is 18.4 Å². The highest BCUT2D eigenvalue weighted by atomic mass is 19.4. The molecule has 0 amide bonds. The Morgan fingerprint density at radius 2 is 2.05 bits per heavy atom. The van der Waals surface area contributed by atoms with Crippen molar-refractivity contribution < 1.29 is 22.6 Å². The van der Waals surface area contributed by atoms with Gasteiger partial charge in [0.15, 0.2) is 5.90 Å². The van der Waals surface area contributed by atoms with Gasteiger partial charge in [-0.2, -0.15) is 13.2 Å². The molecule has 1 unspecified atom stereocenters. The van der Waals surface area contributed by atoms with E-state index in [1.54, 1.807) is 12.1 Å². The van der Waals surface area contributed by atoms with Crippen LogP contribution in [-0.4, -0.2) is 38.4 Å². The van der Waals surface area contributed by atoms with E-state index in [1.807, 2.05) is 0 Å². The second kappa shape index (κ2) is 6.02. The molecule has 20 heavy (non-hydrogen) atoms. The average Bonchev–Trinajstić information content (AvgIpc) is 2.91. The van der Waals surface area contributed by atoms with E-state index in [0.29, 0.717) is 24.6 Å². The number of anilines is 1. The zero-order valence-electron chi connectivity index (χ0n) is 10.9. The van der Waals surface area contributed by atoms with Gasteiger partial charge in [-0.15, -0.1) is 0 Å². The van der Waals surface area contributed by atoms with Gasteiger partial charge in [-0.3, -0.25) is 4.99 Å². The topological polar surface area (TPSA) is 42.8 Å². The molecule has 1 aliphatic heterocycles. The Morgan fingerprint density at radius 3 is 2.55 bits per heavy atom. The normalized spacial score (nSPS) is 16.3. The van der Waals surface area contributed by atoms with Gasteiger partial charge in [0, 0.05) is 5.69 Å². The second-order valence-electron chi connectivity index (χ2n) is 4.30. The van der Waals surface area contributed by atoms with Crippen molar-refractivity contribution in [3.05, 3.63) is 24.3 Å². The number of rotatable bonds is 5. The molecule has 0 bridgehead atoms. The molecule has 0 spiro atoms. The zero-order chi connectivity index (χ0) is 14.6. The number of nitrogens with one attached hydrogen (secondary N) is 1. The molecule has 2 rings (SSSR count). The van der Waals surface area contributed by atoms with Gasteiger partial charge in [-0.25, -0.2) is 0 Å². The van der Waals surface area contributed by atoms with Crippen molar-refractivity contribution in [3.63, 3.8) is 0 Å². The molecule has 7 heteroatoms. The molecular formula is C13H15F3N2O2. The van der Waals surface area contributed by atoms with Crippen LogP contribution in [0, 0.1) is 0 Å². The van der Waals surface area contributed by atoms with Crippen molar-refractivity contribution in [1.29, 1.82) is 0 Å². The summed E-state index contributed by atoms with van der Waals surface area (Å²) < 4.78 is 49.0. The van der Waals surface area contributed by atoms with Crippen molar-refractivity contribution in [2.24, 2.45) is 4.99 Å². The van der Waals surface area contributed by atoms with Gasteiger partial charge >= 0.3 is 6.18 Å². The molecule has 1 atom stereocenters. The van der Waals surface area contributed by atoms with Crippen LogP contribution < -0.4 is 10.1 Å². The number of benzene rings is 1. The van der Waals surface area contributed by atoms with Crippen LogP contribution >= 0.6 is 0 Å². The number of hydrogen-bond acceptors (Lipinski definition) is 4. The zero-order valence-corrected chi connectivity index (χ0v) is 10.9. The number of methoxy groups -OCH3 is 1. The second-order valence-corrected chi connectivity index (χ2v) is 4.30. The maximum absolute atomic E-state index is 13.0. The predicted octanol–water partition coefficient (Wildman–Crippen LogP) is 2.86. The summed E-state index contributed by atoms with van der Waals surface area (Å²) in [4.78, 5) is 3.89. The molecule has 1 aromatic rings. The van der Waals surface area contributed by atoms with Crippen LogP contribution in [-0.2, 0) is 4.74 Å².